The minimum atomic E-state index is 1.24. The van der Waals surface area contributed by atoms with Crippen LogP contribution in [0.4, 0.5) is 0 Å². The Labute approximate surface area is 102 Å². The van der Waals surface area contributed by atoms with Gasteiger partial charge in [0.05, 0.1) is 5.52 Å². The lowest BCUT2D eigenvalue weighted by atomic mass is 10.1. The van der Waals surface area contributed by atoms with Gasteiger partial charge in [-0.3, -0.25) is 0 Å². The molecular weight excluding hydrogens is 206 g/mol. The van der Waals surface area contributed by atoms with Gasteiger partial charge in [-0.15, -0.1) is 0 Å². The van der Waals surface area contributed by atoms with Crippen molar-refractivity contribution in [2.75, 3.05) is 0 Å². The second-order valence-corrected chi connectivity index (χ2v) is 3.88. The molecular formula is C16H17N. The van der Waals surface area contributed by atoms with E-state index in [9.17, 15) is 0 Å². The fourth-order valence-corrected chi connectivity index (χ4v) is 1.92. The molecule has 0 saturated heterocycles. The van der Waals surface area contributed by atoms with Crippen molar-refractivity contribution in [3.8, 4) is 0 Å². The molecule has 1 heteroatoms. The molecule has 0 bridgehead atoms. The van der Waals surface area contributed by atoms with Crippen LogP contribution in [0.1, 0.15) is 19.4 Å². The number of benzene rings is 1. The third-order valence-electron chi connectivity index (χ3n) is 2.66. The van der Waals surface area contributed by atoms with Crippen LogP contribution in [0.15, 0.2) is 54.8 Å². The van der Waals surface area contributed by atoms with Crippen molar-refractivity contribution >= 4 is 23.2 Å². The highest BCUT2D eigenvalue weighted by Gasteiger charge is 2.02. The maximum Gasteiger partial charge on any atom is 0.0528 e. The zero-order chi connectivity index (χ0) is 12.1. The molecule has 1 aromatic heterocycles. The average Bonchev–Trinajstić information content (AvgIpc) is 2.70. The van der Waals surface area contributed by atoms with Crippen LogP contribution in [0.2, 0.25) is 0 Å². The highest BCUT2D eigenvalue weighted by Crippen LogP contribution is 2.22. The Morgan fingerprint density at radius 2 is 1.82 bits per heavy atom. The van der Waals surface area contributed by atoms with Gasteiger partial charge in [-0.25, -0.2) is 0 Å². The minimum Gasteiger partial charge on any atom is -0.323 e. The number of hydrogen-bond acceptors (Lipinski definition) is 0. The van der Waals surface area contributed by atoms with Gasteiger partial charge in [0.15, 0.2) is 0 Å². The first-order chi connectivity index (χ1) is 8.36. The Bertz CT molecular complexity index is 583. The van der Waals surface area contributed by atoms with Crippen molar-refractivity contribution in [2.45, 2.75) is 13.8 Å². The summed E-state index contributed by atoms with van der Waals surface area (Å²) in [6, 6.07) is 8.45. The largest absolute Gasteiger partial charge is 0.323 e. The number of nitrogens with zero attached hydrogens (tertiary/aromatic N) is 1. The fraction of sp³-hybridized carbons (Fsp3) is 0.125. The second kappa shape index (κ2) is 5.35. The maximum atomic E-state index is 2.16. The fourth-order valence-electron chi connectivity index (χ4n) is 1.92. The van der Waals surface area contributed by atoms with E-state index in [1.165, 1.54) is 16.5 Å². The van der Waals surface area contributed by atoms with Crippen molar-refractivity contribution in [1.29, 1.82) is 0 Å². The highest BCUT2D eigenvalue weighted by atomic mass is 14.9. The lowest BCUT2D eigenvalue weighted by Gasteiger charge is -1.95. The standard InChI is InChI=1S/C16H17N/c1-3-5-6-9-14-13-17(12-4-2)16-11-8-7-10-15(14)16/h3-13H,1-2H3. The minimum absolute atomic E-state index is 1.24. The first-order valence-corrected chi connectivity index (χ1v) is 5.88. The predicted octanol–water partition coefficient (Wildman–Crippen LogP) is 4.72. The molecule has 0 unspecified atom stereocenters. The lowest BCUT2D eigenvalue weighted by Crippen LogP contribution is -1.80. The Hall–Kier alpha value is -2.02. The molecule has 1 nitrogen and oxygen atoms in total. The molecule has 2 rings (SSSR count). The zero-order valence-electron chi connectivity index (χ0n) is 10.3. The first kappa shape index (κ1) is 11.5. The number of aromatic nitrogens is 1. The van der Waals surface area contributed by atoms with Crippen LogP contribution in [0.5, 0.6) is 0 Å². The van der Waals surface area contributed by atoms with Crippen LogP contribution in [-0.2, 0) is 0 Å². The molecule has 86 valence electrons. The van der Waals surface area contributed by atoms with Gasteiger partial charge in [-0.1, -0.05) is 48.6 Å². The van der Waals surface area contributed by atoms with Gasteiger partial charge in [0.1, 0.15) is 0 Å². The van der Waals surface area contributed by atoms with Gasteiger partial charge in [-0.2, -0.15) is 0 Å². The topological polar surface area (TPSA) is 4.93 Å². The average molecular weight is 223 g/mol. The molecule has 0 radical (unpaired) electrons. The van der Waals surface area contributed by atoms with Crippen LogP contribution in [-0.4, -0.2) is 4.57 Å². The zero-order valence-corrected chi connectivity index (χ0v) is 10.3. The smallest absolute Gasteiger partial charge is 0.0528 e. The van der Waals surface area contributed by atoms with Crippen molar-refractivity contribution in [1.82, 2.24) is 4.57 Å². The molecule has 2 aromatic rings. The summed E-state index contributed by atoms with van der Waals surface area (Å²) in [5.74, 6) is 0. The molecule has 1 aromatic carbocycles. The van der Waals surface area contributed by atoms with E-state index >= 15 is 0 Å². The van der Waals surface area contributed by atoms with Gasteiger partial charge in [0.2, 0.25) is 0 Å². The number of rotatable bonds is 3. The SMILES string of the molecule is CC=CC=Cc1cn(C=CC)c2ccccc12. The molecule has 0 aliphatic rings. The quantitative estimate of drug-likeness (QED) is 0.663. The molecule has 0 N–H and O–H groups in total. The molecule has 0 spiro atoms. The Morgan fingerprint density at radius 3 is 2.59 bits per heavy atom. The molecule has 0 amide bonds. The van der Waals surface area contributed by atoms with Crippen LogP contribution >= 0.6 is 0 Å². The van der Waals surface area contributed by atoms with E-state index in [1.807, 2.05) is 32.1 Å². The van der Waals surface area contributed by atoms with Crippen LogP contribution < -0.4 is 0 Å². The lowest BCUT2D eigenvalue weighted by molar-refractivity contribution is 1.22. The number of fused-ring (bicyclic) bond motifs is 1. The van der Waals surface area contributed by atoms with Gasteiger partial charge < -0.3 is 4.57 Å². The Balaban J connectivity index is 2.56. The molecule has 0 saturated carbocycles. The summed E-state index contributed by atoms with van der Waals surface area (Å²) in [6.07, 6.45) is 14.6. The van der Waals surface area contributed by atoms with E-state index in [-0.39, 0.29) is 0 Å². The first-order valence-electron chi connectivity index (χ1n) is 5.88. The molecule has 0 atom stereocenters. The molecule has 0 aliphatic heterocycles. The van der Waals surface area contributed by atoms with E-state index in [0.717, 1.165) is 0 Å². The van der Waals surface area contributed by atoms with Gasteiger partial charge in [-0.05, 0) is 19.9 Å². The van der Waals surface area contributed by atoms with Gasteiger partial charge in [0.25, 0.3) is 0 Å². The highest BCUT2D eigenvalue weighted by molar-refractivity contribution is 5.91. The van der Waals surface area contributed by atoms with Crippen LogP contribution in [0.3, 0.4) is 0 Å². The summed E-state index contributed by atoms with van der Waals surface area (Å²) in [7, 11) is 0. The van der Waals surface area contributed by atoms with Crippen molar-refractivity contribution in [3.05, 3.63) is 60.3 Å². The predicted molar refractivity (Wildman–Crippen MR) is 76.8 cm³/mol. The number of allylic oxidation sites excluding steroid dienone is 4. The summed E-state index contributed by atoms with van der Waals surface area (Å²) in [4.78, 5) is 0. The number of para-hydroxylation sites is 1. The van der Waals surface area contributed by atoms with E-state index in [1.54, 1.807) is 0 Å². The van der Waals surface area contributed by atoms with Crippen LogP contribution in [0, 0.1) is 0 Å². The Kier molecular flexibility index (Phi) is 3.61. The van der Waals surface area contributed by atoms with E-state index in [0.29, 0.717) is 0 Å². The van der Waals surface area contributed by atoms with Gasteiger partial charge in [0, 0.05) is 23.3 Å². The summed E-state index contributed by atoms with van der Waals surface area (Å²) in [5.41, 5.74) is 2.49. The maximum absolute atomic E-state index is 2.16. The van der Waals surface area contributed by atoms with Crippen molar-refractivity contribution in [3.63, 3.8) is 0 Å². The molecule has 1 heterocycles. The van der Waals surface area contributed by atoms with Crippen molar-refractivity contribution in [2.24, 2.45) is 0 Å². The van der Waals surface area contributed by atoms with E-state index in [4.69, 9.17) is 0 Å². The second-order valence-electron chi connectivity index (χ2n) is 3.88. The van der Waals surface area contributed by atoms with Gasteiger partial charge >= 0.3 is 0 Å². The van der Waals surface area contributed by atoms with E-state index < -0.39 is 0 Å². The van der Waals surface area contributed by atoms with Crippen LogP contribution in [0.25, 0.3) is 23.2 Å². The summed E-state index contributed by atoms with van der Waals surface area (Å²) in [6.45, 7) is 4.05. The normalized spacial score (nSPS) is 12.6. The summed E-state index contributed by atoms with van der Waals surface area (Å²) < 4.78 is 2.16. The van der Waals surface area contributed by atoms with Crippen molar-refractivity contribution < 1.29 is 0 Å². The third-order valence-corrected chi connectivity index (χ3v) is 2.66. The molecule has 0 fully saturated rings. The third kappa shape index (κ3) is 2.39. The molecule has 17 heavy (non-hydrogen) atoms. The Morgan fingerprint density at radius 1 is 1.00 bits per heavy atom. The summed E-state index contributed by atoms with van der Waals surface area (Å²) in [5, 5.41) is 1.28. The van der Waals surface area contributed by atoms with E-state index in [2.05, 4.69) is 53.4 Å². The number of hydrogen-bond donors (Lipinski definition) is 0. The summed E-state index contributed by atoms with van der Waals surface area (Å²) >= 11 is 0. The monoisotopic (exact) mass is 223 g/mol. The molecule has 0 aliphatic carbocycles.